The van der Waals surface area contributed by atoms with Crippen LogP contribution in [0, 0.1) is 30.9 Å². The van der Waals surface area contributed by atoms with Gasteiger partial charge < -0.3 is 5.32 Å². The maximum Gasteiger partial charge on any atom is 0.272 e. The Balaban J connectivity index is 2.20. The van der Waals surface area contributed by atoms with Crippen LogP contribution in [-0.2, 0) is 6.54 Å². The lowest BCUT2D eigenvalue weighted by Gasteiger charge is -2.10. The number of thiophene rings is 1. The highest BCUT2D eigenvalue weighted by Crippen LogP contribution is 2.27. The summed E-state index contributed by atoms with van der Waals surface area (Å²) in [5.41, 5.74) is 3.98. The van der Waals surface area contributed by atoms with Gasteiger partial charge in [0.2, 0.25) is 0 Å². The van der Waals surface area contributed by atoms with Crippen molar-refractivity contribution in [3.8, 4) is 0 Å². The van der Waals surface area contributed by atoms with Gasteiger partial charge in [0.05, 0.1) is 4.92 Å². The SMILES string of the molecule is Cc1cc([N+](=O)[O-])c(C)cc1NCc1sccc1C. The predicted octanol–water partition coefficient (Wildman–Crippen LogP) is 4.19. The van der Waals surface area contributed by atoms with Gasteiger partial charge in [-0.05, 0) is 49.4 Å². The molecule has 2 aromatic rings. The van der Waals surface area contributed by atoms with E-state index >= 15 is 0 Å². The summed E-state index contributed by atoms with van der Waals surface area (Å²) in [6.07, 6.45) is 0. The van der Waals surface area contributed by atoms with E-state index in [1.165, 1.54) is 10.4 Å². The Morgan fingerprint density at radius 2 is 1.95 bits per heavy atom. The minimum absolute atomic E-state index is 0.176. The number of nitro benzene ring substituents is 1. The number of nitrogens with zero attached hydrogens (tertiary/aromatic N) is 1. The molecule has 1 aromatic heterocycles. The average Bonchev–Trinajstić information content (AvgIpc) is 2.75. The average molecular weight is 276 g/mol. The molecular weight excluding hydrogens is 260 g/mol. The molecule has 0 atom stereocenters. The topological polar surface area (TPSA) is 55.2 Å². The molecule has 2 rings (SSSR count). The number of nitro groups is 1. The van der Waals surface area contributed by atoms with Crippen LogP contribution in [0.5, 0.6) is 0 Å². The molecular formula is C14H16N2O2S. The Hall–Kier alpha value is -1.88. The number of hydrogen-bond acceptors (Lipinski definition) is 4. The van der Waals surface area contributed by atoms with E-state index in [2.05, 4.69) is 23.7 Å². The van der Waals surface area contributed by atoms with Crippen LogP contribution in [0.4, 0.5) is 11.4 Å². The van der Waals surface area contributed by atoms with E-state index in [4.69, 9.17) is 0 Å². The Labute approximate surface area is 116 Å². The van der Waals surface area contributed by atoms with Crippen LogP contribution in [0.25, 0.3) is 0 Å². The molecule has 100 valence electrons. The Morgan fingerprint density at radius 1 is 1.21 bits per heavy atom. The van der Waals surface area contributed by atoms with Crippen LogP contribution in [0.2, 0.25) is 0 Å². The van der Waals surface area contributed by atoms with Crippen molar-refractivity contribution in [1.29, 1.82) is 0 Å². The molecule has 1 heterocycles. The van der Waals surface area contributed by atoms with E-state index in [1.807, 2.05) is 13.0 Å². The van der Waals surface area contributed by atoms with Crippen molar-refractivity contribution >= 4 is 22.7 Å². The highest BCUT2D eigenvalue weighted by Gasteiger charge is 2.13. The molecule has 5 heteroatoms. The second-order valence-corrected chi connectivity index (χ2v) is 5.59. The molecule has 0 spiro atoms. The van der Waals surface area contributed by atoms with Crippen molar-refractivity contribution in [3.63, 3.8) is 0 Å². The zero-order valence-electron chi connectivity index (χ0n) is 11.2. The minimum atomic E-state index is -0.338. The highest BCUT2D eigenvalue weighted by molar-refractivity contribution is 7.10. The van der Waals surface area contributed by atoms with Gasteiger partial charge in [0.1, 0.15) is 0 Å². The summed E-state index contributed by atoms with van der Waals surface area (Å²) < 4.78 is 0. The Kier molecular flexibility index (Phi) is 3.85. The smallest absolute Gasteiger partial charge is 0.272 e. The zero-order valence-corrected chi connectivity index (χ0v) is 12.0. The van der Waals surface area contributed by atoms with Crippen molar-refractivity contribution in [2.75, 3.05) is 5.32 Å². The lowest BCUT2D eigenvalue weighted by atomic mass is 10.1. The van der Waals surface area contributed by atoms with Crippen molar-refractivity contribution < 1.29 is 4.92 Å². The van der Waals surface area contributed by atoms with Gasteiger partial charge in [-0.2, -0.15) is 0 Å². The van der Waals surface area contributed by atoms with E-state index in [1.54, 1.807) is 24.3 Å². The largest absolute Gasteiger partial charge is 0.380 e. The molecule has 0 unspecified atom stereocenters. The van der Waals surface area contributed by atoms with Crippen LogP contribution in [0.1, 0.15) is 21.6 Å². The van der Waals surface area contributed by atoms with Gasteiger partial charge in [0.15, 0.2) is 0 Å². The normalized spacial score (nSPS) is 10.5. The molecule has 1 aromatic carbocycles. The Morgan fingerprint density at radius 3 is 2.53 bits per heavy atom. The second-order valence-electron chi connectivity index (χ2n) is 4.59. The summed E-state index contributed by atoms with van der Waals surface area (Å²) in [6.45, 7) is 6.48. The molecule has 0 radical (unpaired) electrons. The third-order valence-electron chi connectivity index (χ3n) is 3.15. The van der Waals surface area contributed by atoms with E-state index < -0.39 is 0 Å². The fourth-order valence-electron chi connectivity index (χ4n) is 1.95. The summed E-state index contributed by atoms with van der Waals surface area (Å²) in [7, 11) is 0. The molecule has 0 aliphatic rings. The minimum Gasteiger partial charge on any atom is -0.380 e. The molecule has 0 aliphatic heterocycles. The van der Waals surface area contributed by atoms with Crippen molar-refractivity contribution in [1.82, 2.24) is 0 Å². The van der Waals surface area contributed by atoms with Gasteiger partial charge in [-0.1, -0.05) is 0 Å². The van der Waals surface area contributed by atoms with Gasteiger partial charge in [-0.15, -0.1) is 11.3 Å². The van der Waals surface area contributed by atoms with Crippen LogP contribution >= 0.6 is 11.3 Å². The summed E-state index contributed by atoms with van der Waals surface area (Å²) >= 11 is 1.72. The van der Waals surface area contributed by atoms with Crippen LogP contribution < -0.4 is 5.32 Å². The van der Waals surface area contributed by atoms with E-state index in [9.17, 15) is 10.1 Å². The van der Waals surface area contributed by atoms with Crippen LogP contribution in [-0.4, -0.2) is 4.92 Å². The molecule has 0 saturated heterocycles. The van der Waals surface area contributed by atoms with Crippen molar-refractivity contribution in [3.05, 3.63) is 55.3 Å². The number of aryl methyl sites for hydroxylation is 3. The van der Waals surface area contributed by atoms with E-state index in [0.717, 1.165) is 17.8 Å². The van der Waals surface area contributed by atoms with E-state index in [0.29, 0.717) is 5.56 Å². The molecule has 4 nitrogen and oxygen atoms in total. The summed E-state index contributed by atoms with van der Waals surface area (Å²) in [5, 5.41) is 16.3. The molecule has 0 saturated carbocycles. The molecule has 19 heavy (non-hydrogen) atoms. The molecule has 0 fully saturated rings. The maximum atomic E-state index is 10.9. The first kappa shape index (κ1) is 13.5. The first-order valence-corrected chi connectivity index (χ1v) is 6.89. The summed E-state index contributed by atoms with van der Waals surface area (Å²) in [4.78, 5) is 11.8. The second kappa shape index (κ2) is 5.40. The van der Waals surface area contributed by atoms with Crippen molar-refractivity contribution in [2.24, 2.45) is 0 Å². The molecule has 1 N–H and O–H groups in total. The van der Waals surface area contributed by atoms with Gasteiger partial charge in [0, 0.05) is 28.7 Å². The first-order valence-electron chi connectivity index (χ1n) is 6.01. The number of benzene rings is 1. The van der Waals surface area contributed by atoms with Crippen LogP contribution in [0.3, 0.4) is 0 Å². The van der Waals surface area contributed by atoms with Gasteiger partial charge in [-0.3, -0.25) is 10.1 Å². The number of hydrogen-bond donors (Lipinski definition) is 1. The quantitative estimate of drug-likeness (QED) is 0.672. The van der Waals surface area contributed by atoms with E-state index in [-0.39, 0.29) is 10.6 Å². The van der Waals surface area contributed by atoms with Gasteiger partial charge in [-0.25, -0.2) is 0 Å². The monoisotopic (exact) mass is 276 g/mol. The van der Waals surface area contributed by atoms with Gasteiger partial charge >= 0.3 is 0 Å². The fraction of sp³-hybridized carbons (Fsp3) is 0.286. The van der Waals surface area contributed by atoms with Crippen molar-refractivity contribution in [2.45, 2.75) is 27.3 Å². The fourth-order valence-corrected chi connectivity index (χ4v) is 2.79. The lowest BCUT2D eigenvalue weighted by Crippen LogP contribution is -2.02. The standard InChI is InChI=1S/C14H16N2O2S/c1-9-4-5-19-14(9)8-15-12-6-11(3)13(16(17)18)7-10(12)2/h4-7,15H,8H2,1-3H3. The molecule has 0 bridgehead atoms. The molecule has 0 amide bonds. The summed E-state index contributed by atoms with van der Waals surface area (Å²) in [6, 6.07) is 5.56. The maximum absolute atomic E-state index is 10.9. The predicted molar refractivity (Wildman–Crippen MR) is 79.0 cm³/mol. The van der Waals surface area contributed by atoms with Crippen LogP contribution in [0.15, 0.2) is 23.6 Å². The van der Waals surface area contributed by atoms with Gasteiger partial charge in [0.25, 0.3) is 5.69 Å². The molecule has 0 aliphatic carbocycles. The zero-order chi connectivity index (χ0) is 14.0. The Bertz CT molecular complexity index is 620. The lowest BCUT2D eigenvalue weighted by molar-refractivity contribution is -0.385. The third kappa shape index (κ3) is 2.93. The first-order chi connectivity index (χ1) is 8.99. The number of anilines is 1. The summed E-state index contributed by atoms with van der Waals surface area (Å²) in [5.74, 6) is 0. The highest BCUT2D eigenvalue weighted by atomic mass is 32.1. The number of rotatable bonds is 4. The number of nitrogens with one attached hydrogen (secondary N) is 1. The third-order valence-corrected chi connectivity index (χ3v) is 4.17.